The Bertz CT molecular complexity index is 746. The van der Waals surface area contributed by atoms with Crippen molar-refractivity contribution >= 4 is 17.2 Å². The average molecular weight is 373 g/mol. The lowest BCUT2D eigenvalue weighted by Crippen LogP contribution is -2.47. The van der Waals surface area contributed by atoms with E-state index >= 15 is 0 Å². The summed E-state index contributed by atoms with van der Waals surface area (Å²) in [5.41, 5.74) is 1.83. The Hall–Kier alpha value is -2.05. The third kappa shape index (κ3) is 4.62. The van der Waals surface area contributed by atoms with Crippen LogP contribution in [0.25, 0.3) is 5.52 Å². The van der Waals surface area contributed by atoms with Crippen LogP contribution in [0.4, 0.5) is 5.82 Å². The largest absolute Gasteiger partial charge is 0.383 e. The van der Waals surface area contributed by atoms with Crippen molar-refractivity contribution in [2.45, 2.75) is 32.7 Å². The minimum Gasteiger partial charge on any atom is -0.383 e. The Morgan fingerprint density at radius 2 is 1.81 bits per heavy atom. The summed E-state index contributed by atoms with van der Waals surface area (Å²) >= 11 is 0. The molecule has 2 aromatic heterocycles. The summed E-state index contributed by atoms with van der Waals surface area (Å²) in [6, 6.07) is 8.45. The number of nitrogens with one attached hydrogen (secondary N) is 1. The van der Waals surface area contributed by atoms with E-state index < -0.39 is 0 Å². The fourth-order valence-corrected chi connectivity index (χ4v) is 3.66. The van der Waals surface area contributed by atoms with Gasteiger partial charge in [-0.2, -0.15) is 0 Å². The molecule has 6 heteroatoms. The van der Waals surface area contributed by atoms with E-state index in [1.807, 2.05) is 18.3 Å². The van der Waals surface area contributed by atoms with Crippen LogP contribution in [0.3, 0.4) is 0 Å². The zero-order valence-electron chi connectivity index (χ0n) is 16.8. The Morgan fingerprint density at radius 1 is 1.11 bits per heavy atom. The highest BCUT2D eigenvalue weighted by molar-refractivity contribution is 5.94. The van der Waals surface area contributed by atoms with Gasteiger partial charge < -0.3 is 19.4 Å². The van der Waals surface area contributed by atoms with Gasteiger partial charge in [0.2, 0.25) is 0 Å². The molecule has 1 aliphatic rings. The lowest BCUT2D eigenvalue weighted by Gasteiger charge is -2.35. The molecule has 1 aliphatic heterocycles. The molecule has 148 valence electrons. The maximum absolute atomic E-state index is 12.6. The van der Waals surface area contributed by atoms with Crippen LogP contribution < -0.4 is 10.2 Å². The third-order valence-electron chi connectivity index (χ3n) is 5.52. The molecule has 0 unspecified atom stereocenters. The molecule has 0 spiro atoms. The fourth-order valence-electron chi connectivity index (χ4n) is 3.66. The number of hydrogen-bond donors (Lipinski definition) is 1. The molecule has 6 nitrogen and oxygen atoms in total. The predicted molar refractivity (Wildman–Crippen MR) is 110 cm³/mol. The van der Waals surface area contributed by atoms with Crippen LogP contribution in [0, 0.1) is 0 Å². The molecule has 27 heavy (non-hydrogen) atoms. The number of fused-ring (bicyclic) bond motifs is 1. The number of carbonyl (C=O) groups excluding carboxylic acids is 1. The zero-order chi connectivity index (χ0) is 19.2. The molecule has 3 rings (SSSR count). The van der Waals surface area contributed by atoms with Gasteiger partial charge in [0, 0.05) is 57.6 Å². The van der Waals surface area contributed by atoms with Gasteiger partial charge in [-0.15, -0.1) is 0 Å². The first-order chi connectivity index (χ1) is 13.2. The zero-order valence-corrected chi connectivity index (χ0v) is 16.8. The van der Waals surface area contributed by atoms with Gasteiger partial charge in [0.05, 0.1) is 12.2 Å². The summed E-state index contributed by atoms with van der Waals surface area (Å²) in [5.74, 6) is 1.17. The quantitative estimate of drug-likeness (QED) is 0.774. The van der Waals surface area contributed by atoms with Gasteiger partial charge in [-0.05, 0) is 37.1 Å². The molecule has 0 aliphatic carbocycles. The molecule has 0 radical (unpaired) electrons. The molecule has 0 aromatic carbocycles. The van der Waals surface area contributed by atoms with Crippen molar-refractivity contribution in [1.82, 2.24) is 14.6 Å². The normalized spacial score (nSPS) is 15.6. The summed E-state index contributed by atoms with van der Waals surface area (Å²) in [6.07, 6.45) is 3.87. The number of amides is 1. The summed E-state index contributed by atoms with van der Waals surface area (Å²) in [4.78, 5) is 17.4. The van der Waals surface area contributed by atoms with Crippen LogP contribution in [-0.4, -0.2) is 67.7 Å². The summed E-state index contributed by atoms with van der Waals surface area (Å²) in [5, 5.41) is 3.13. The van der Waals surface area contributed by atoms with Crippen molar-refractivity contribution in [3.63, 3.8) is 0 Å². The maximum atomic E-state index is 12.6. The van der Waals surface area contributed by atoms with E-state index in [4.69, 9.17) is 4.74 Å². The molecule has 0 saturated carbocycles. The van der Waals surface area contributed by atoms with Gasteiger partial charge in [0.25, 0.3) is 5.91 Å². The number of aromatic nitrogens is 1. The van der Waals surface area contributed by atoms with Crippen LogP contribution in [-0.2, 0) is 4.74 Å². The van der Waals surface area contributed by atoms with Crippen molar-refractivity contribution in [2.24, 2.45) is 0 Å². The molecule has 1 saturated heterocycles. The summed E-state index contributed by atoms with van der Waals surface area (Å²) in [6.45, 7) is 10.0. The molecule has 2 aromatic rings. The number of nitrogens with zero attached hydrogens (tertiary/aromatic N) is 3. The molecule has 1 amide bonds. The molecule has 0 bridgehead atoms. The third-order valence-corrected chi connectivity index (χ3v) is 5.52. The number of pyridine rings is 1. The number of piperazine rings is 1. The van der Waals surface area contributed by atoms with Gasteiger partial charge >= 0.3 is 0 Å². The second-order valence-corrected chi connectivity index (χ2v) is 7.21. The van der Waals surface area contributed by atoms with Gasteiger partial charge in [-0.3, -0.25) is 9.69 Å². The van der Waals surface area contributed by atoms with Gasteiger partial charge in [0.15, 0.2) is 0 Å². The van der Waals surface area contributed by atoms with E-state index in [2.05, 4.69) is 45.5 Å². The van der Waals surface area contributed by atoms with Crippen LogP contribution in [0.15, 0.2) is 30.5 Å². The molecular weight excluding hydrogens is 340 g/mol. The van der Waals surface area contributed by atoms with Crippen LogP contribution in [0.1, 0.15) is 37.0 Å². The molecule has 3 heterocycles. The van der Waals surface area contributed by atoms with Crippen molar-refractivity contribution in [3.05, 3.63) is 36.0 Å². The van der Waals surface area contributed by atoms with E-state index in [9.17, 15) is 4.79 Å². The number of carbonyl (C=O) groups is 1. The van der Waals surface area contributed by atoms with E-state index in [-0.39, 0.29) is 11.9 Å². The topological polar surface area (TPSA) is 49.2 Å². The number of rotatable bonds is 8. The Balaban J connectivity index is 1.73. The van der Waals surface area contributed by atoms with E-state index in [1.54, 1.807) is 7.11 Å². The molecule has 1 fully saturated rings. The first kappa shape index (κ1) is 19.7. The molecular formula is C21H32N4O2. The van der Waals surface area contributed by atoms with Crippen molar-refractivity contribution in [2.75, 3.05) is 51.3 Å². The first-order valence-corrected chi connectivity index (χ1v) is 10.0. The van der Waals surface area contributed by atoms with Crippen LogP contribution in [0.2, 0.25) is 0 Å². The fraction of sp³-hybridized carbons (Fsp3) is 0.571. The van der Waals surface area contributed by atoms with E-state index in [1.165, 1.54) is 0 Å². The maximum Gasteiger partial charge on any atom is 0.252 e. The Kier molecular flexibility index (Phi) is 6.74. The smallest absolute Gasteiger partial charge is 0.252 e. The number of methoxy groups -OCH3 is 1. The predicted octanol–water partition coefficient (Wildman–Crippen LogP) is 2.63. The summed E-state index contributed by atoms with van der Waals surface area (Å²) in [7, 11) is 1.75. The van der Waals surface area contributed by atoms with E-state index in [0.717, 1.165) is 63.5 Å². The SMILES string of the molecule is CCC(CC)NC(=O)c1ccc2ccc(N3CCN(CCOC)CC3)n2c1. The lowest BCUT2D eigenvalue weighted by molar-refractivity contribution is 0.0934. The van der Waals surface area contributed by atoms with Gasteiger partial charge in [0.1, 0.15) is 5.82 Å². The highest BCUT2D eigenvalue weighted by atomic mass is 16.5. The van der Waals surface area contributed by atoms with Crippen LogP contribution >= 0.6 is 0 Å². The summed E-state index contributed by atoms with van der Waals surface area (Å²) < 4.78 is 7.33. The molecule has 1 N–H and O–H groups in total. The minimum atomic E-state index is 0.00892. The lowest BCUT2D eigenvalue weighted by atomic mass is 10.1. The second kappa shape index (κ2) is 9.24. The first-order valence-electron chi connectivity index (χ1n) is 10.0. The van der Waals surface area contributed by atoms with Crippen molar-refractivity contribution in [1.29, 1.82) is 0 Å². The monoisotopic (exact) mass is 372 g/mol. The van der Waals surface area contributed by atoms with Crippen molar-refractivity contribution < 1.29 is 9.53 Å². The number of hydrogen-bond acceptors (Lipinski definition) is 4. The Labute approximate surface area is 162 Å². The van der Waals surface area contributed by atoms with Gasteiger partial charge in [-0.1, -0.05) is 13.8 Å². The van der Waals surface area contributed by atoms with Crippen molar-refractivity contribution in [3.8, 4) is 0 Å². The van der Waals surface area contributed by atoms with Crippen LogP contribution in [0.5, 0.6) is 0 Å². The van der Waals surface area contributed by atoms with E-state index in [0.29, 0.717) is 5.56 Å². The number of ether oxygens (including phenoxy) is 1. The number of anilines is 1. The highest BCUT2D eigenvalue weighted by Crippen LogP contribution is 2.22. The average Bonchev–Trinajstić information content (AvgIpc) is 3.13. The second-order valence-electron chi connectivity index (χ2n) is 7.21. The minimum absolute atomic E-state index is 0.00892. The highest BCUT2D eigenvalue weighted by Gasteiger charge is 2.19. The Morgan fingerprint density at radius 3 is 2.48 bits per heavy atom. The standard InChI is InChI=1S/C21H32N4O2/c1-4-18(5-2)22-21(26)17-6-7-19-8-9-20(25(19)16-17)24-12-10-23(11-13-24)14-15-27-3/h6-9,16,18H,4-5,10-15H2,1-3H3,(H,22,26). The van der Waals surface area contributed by atoms with Gasteiger partial charge in [-0.25, -0.2) is 0 Å². The molecule has 0 atom stereocenters.